The number of rotatable bonds is 11. The van der Waals surface area contributed by atoms with Crippen LogP contribution in [0.15, 0.2) is 36.4 Å². The molecule has 152 valence electrons. The Morgan fingerprint density at radius 3 is 2.46 bits per heavy atom. The van der Waals surface area contributed by atoms with E-state index in [1.807, 2.05) is 43.3 Å². The molecule has 2 rings (SSSR count). The van der Waals surface area contributed by atoms with Gasteiger partial charge >= 0.3 is 0 Å². The third-order valence-corrected chi connectivity index (χ3v) is 4.31. The van der Waals surface area contributed by atoms with Crippen LogP contribution in [0.4, 0.5) is 0 Å². The molecule has 0 unspecified atom stereocenters. The molecule has 0 heterocycles. The van der Waals surface area contributed by atoms with Crippen LogP contribution in [0.2, 0.25) is 0 Å². The van der Waals surface area contributed by atoms with Crippen molar-refractivity contribution in [3.05, 3.63) is 47.5 Å². The molecule has 0 aliphatic heterocycles. The third kappa shape index (κ3) is 6.08. The van der Waals surface area contributed by atoms with E-state index in [1.165, 1.54) is 0 Å². The second-order valence-electron chi connectivity index (χ2n) is 6.36. The highest BCUT2D eigenvalue weighted by molar-refractivity contribution is 5.76. The Hall–Kier alpha value is -2.89. The van der Waals surface area contributed by atoms with Crippen molar-refractivity contribution in [2.24, 2.45) is 0 Å². The number of hydrogen-bond donors (Lipinski definition) is 1. The largest absolute Gasteiger partial charge is 0.494 e. The van der Waals surface area contributed by atoms with Gasteiger partial charge in [0.1, 0.15) is 5.75 Å². The van der Waals surface area contributed by atoms with Gasteiger partial charge in [-0.3, -0.25) is 4.79 Å². The molecule has 0 fully saturated rings. The third-order valence-electron chi connectivity index (χ3n) is 4.31. The van der Waals surface area contributed by atoms with Crippen LogP contribution in [0.3, 0.4) is 0 Å². The van der Waals surface area contributed by atoms with Crippen LogP contribution in [0.5, 0.6) is 23.0 Å². The van der Waals surface area contributed by atoms with Crippen molar-refractivity contribution < 1.29 is 23.7 Å². The standard InChI is InChI=1S/C22H29NO5/c1-16-7-5-8-18(15-16)28-14-6-13-23-20(24)12-10-17-9-11-19(25-2)22(27-4)21(17)26-3/h5,7-9,11,15H,6,10,12-14H2,1-4H3,(H,23,24). The lowest BCUT2D eigenvalue weighted by Gasteiger charge is -2.15. The molecule has 0 aliphatic rings. The van der Waals surface area contributed by atoms with Crippen LogP contribution in [-0.2, 0) is 11.2 Å². The lowest BCUT2D eigenvalue weighted by molar-refractivity contribution is -0.121. The summed E-state index contributed by atoms with van der Waals surface area (Å²) >= 11 is 0. The molecule has 0 aromatic heterocycles. The molecule has 2 aromatic rings. The van der Waals surface area contributed by atoms with Crippen LogP contribution >= 0.6 is 0 Å². The van der Waals surface area contributed by atoms with Gasteiger partial charge in [-0.1, -0.05) is 18.2 Å². The zero-order valence-electron chi connectivity index (χ0n) is 17.0. The van der Waals surface area contributed by atoms with Gasteiger partial charge in [0.25, 0.3) is 0 Å². The summed E-state index contributed by atoms with van der Waals surface area (Å²) in [6.07, 6.45) is 1.67. The maximum absolute atomic E-state index is 12.1. The maximum Gasteiger partial charge on any atom is 0.220 e. The minimum absolute atomic E-state index is 0.00704. The quantitative estimate of drug-likeness (QED) is 0.598. The number of methoxy groups -OCH3 is 3. The minimum atomic E-state index is -0.00704. The monoisotopic (exact) mass is 387 g/mol. The van der Waals surface area contributed by atoms with E-state index in [1.54, 1.807) is 21.3 Å². The van der Waals surface area contributed by atoms with Crippen LogP contribution in [-0.4, -0.2) is 40.4 Å². The Morgan fingerprint density at radius 1 is 1.00 bits per heavy atom. The Kier molecular flexibility index (Phi) is 8.46. The summed E-state index contributed by atoms with van der Waals surface area (Å²) in [7, 11) is 4.72. The summed E-state index contributed by atoms with van der Waals surface area (Å²) < 4.78 is 21.8. The maximum atomic E-state index is 12.1. The van der Waals surface area contributed by atoms with Crippen molar-refractivity contribution in [1.82, 2.24) is 5.32 Å². The van der Waals surface area contributed by atoms with Gasteiger partial charge in [-0.15, -0.1) is 0 Å². The fourth-order valence-corrected chi connectivity index (χ4v) is 2.89. The first-order valence-electron chi connectivity index (χ1n) is 9.33. The summed E-state index contributed by atoms with van der Waals surface area (Å²) in [5, 5.41) is 2.92. The summed E-state index contributed by atoms with van der Waals surface area (Å²) in [5.41, 5.74) is 2.06. The van der Waals surface area contributed by atoms with Crippen LogP contribution in [0, 0.1) is 6.92 Å². The molecule has 6 heteroatoms. The summed E-state index contributed by atoms with van der Waals surface area (Å²) in [6, 6.07) is 11.6. The topological polar surface area (TPSA) is 66.0 Å². The second kappa shape index (κ2) is 11.1. The van der Waals surface area contributed by atoms with Gasteiger partial charge in [0.2, 0.25) is 11.7 Å². The fraction of sp³-hybridized carbons (Fsp3) is 0.409. The summed E-state index contributed by atoms with van der Waals surface area (Å²) in [4.78, 5) is 12.1. The molecule has 2 aromatic carbocycles. The lowest BCUT2D eigenvalue weighted by atomic mass is 10.1. The van der Waals surface area contributed by atoms with Gasteiger partial charge in [-0.05, 0) is 49.1 Å². The zero-order valence-corrected chi connectivity index (χ0v) is 17.0. The minimum Gasteiger partial charge on any atom is -0.494 e. The van der Waals surface area contributed by atoms with Crippen molar-refractivity contribution in [3.8, 4) is 23.0 Å². The highest BCUT2D eigenvalue weighted by Crippen LogP contribution is 2.40. The van der Waals surface area contributed by atoms with E-state index in [0.717, 1.165) is 23.3 Å². The number of carbonyl (C=O) groups excluding carboxylic acids is 1. The molecule has 1 N–H and O–H groups in total. The number of amides is 1. The van der Waals surface area contributed by atoms with Crippen molar-refractivity contribution in [2.75, 3.05) is 34.5 Å². The molecule has 28 heavy (non-hydrogen) atoms. The van der Waals surface area contributed by atoms with Gasteiger partial charge in [0, 0.05) is 13.0 Å². The number of nitrogens with one attached hydrogen (secondary N) is 1. The normalized spacial score (nSPS) is 10.3. The average molecular weight is 387 g/mol. The van der Waals surface area contributed by atoms with E-state index in [-0.39, 0.29) is 5.91 Å². The first kappa shape index (κ1) is 21.4. The van der Waals surface area contributed by atoms with Crippen molar-refractivity contribution in [2.45, 2.75) is 26.2 Å². The Bertz CT molecular complexity index is 776. The fourth-order valence-electron chi connectivity index (χ4n) is 2.89. The number of aryl methyl sites for hydroxylation is 2. The van der Waals surface area contributed by atoms with Crippen molar-refractivity contribution >= 4 is 5.91 Å². The summed E-state index contributed by atoms with van der Waals surface area (Å²) in [5.74, 6) is 2.58. The molecule has 0 saturated carbocycles. The zero-order chi connectivity index (χ0) is 20.4. The molecular formula is C22H29NO5. The van der Waals surface area contributed by atoms with E-state index in [9.17, 15) is 4.79 Å². The molecule has 0 atom stereocenters. The Labute approximate surface area is 166 Å². The second-order valence-corrected chi connectivity index (χ2v) is 6.36. The molecule has 0 radical (unpaired) electrons. The van der Waals surface area contributed by atoms with Gasteiger partial charge in [0.15, 0.2) is 11.5 Å². The molecular weight excluding hydrogens is 358 g/mol. The smallest absolute Gasteiger partial charge is 0.220 e. The highest BCUT2D eigenvalue weighted by atomic mass is 16.5. The number of benzene rings is 2. The van der Waals surface area contributed by atoms with Gasteiger partial charge in [-0.2, -0.15) is 0 Å². The van der Waals surface area contributed by atoms with E-state index in [2.05, 4.69) is 5.32 Å². The van der Waals surface area contributed by atoms with Crippen LogP contribution in [0.25, 0.3) is 0 Å². The Morgan fingerprint density at radius 2 is 1.79 bits per heavy atom. The van der Waals surface area contributed by atoms with Gasteiger partial charge < -0.3 is 24.3 Å². The van der Waals surface area contributed by atoms with E-state index < -0.39 is 0 Å². The molecule has 0 saturated heterocycles. The van der Waals surface area contributed by atoms with Gasteiger partial charge in [-0.25, -0.2) is 0 Å². The number of carbonyl (C=O) groups is 1. The molecule has 0 aliphatic carbocycles. The van der Waals surface area contributed by atoms with Gasteiger partial charge in [0.05, 0.1) is 27.9 Å². The predicted octanol–water partition coefficient (Wildman–Crippen LogP) is 3.54. The van der Waals surface area contributed by atoms with E-state index in [4.69, 9.17) is 18.9 Å². The molecule has 0 bridgehead atoms. The Balaban J connectivity index is 1.75. The van der Waals surface area contributed by atoms with Crippen LogP contribution < -0.4 is 24.3 Å². The lowest BCUT2D eigenvalue weighted by Crippen LogP contribution is -2.25. The summed E-state index contributed by atoms with van der Waals surface area (Å²) in [6.45, 7) is 3.17. The van der Waals surface area contributed by atoms with Crippen LogP contribution in [0.1, 0.15) is 24.0 Å². The first-order valence-corrected chi connectivity index (χ1v) is 9.33. The molecule has 0 spiro atoms. The highest BCUT2D eigenvalue weighted by Gasteiger charge is 2.16. The predicted molar refractivity (Wildman–Crippen MR) is 109 cm³/mol. The molecule has 6 nitrogen and oxygen atoms in total. The number of ether oxygens (including phenoxy) is 4. The SMILES string of the molecule is COc1ccc(CCC(=O)NCCCOc2cccc(C)c2)c(OC)c1OC. The number of hydrogen-bond acceptors (Lipinski definition) is 5. The van der Waals surface area contributed by atoms with Crippen molar-refractivity contribution in [3.63, 3.8) is 0 Å². The van der Waals surface area contributed by atoms with E-state index >= 15 is 0 Å². The first-order chi connectivity index (χ1) is 13.6. The van der Waals surface area contributed by atoms with E-state index in [0.29, 0.717) is 43.2 Å². The van der Waals surface area contributed by atoms with Crippen molar-refractivity contribution in [1.29, 1.82) is 0 Å². The molecule has 1 amide bonds. The average Bonchev–Trinajstić information content (AvgIpc) is 2.71.